The number of hydrazine groups is 1. The summed E-state index contributed by atoms with van der Waals surface area (Å²) in [4.78, 5) is 23.9. The van der Waals surface area contributed by atoms with Crippen LogP contribution in [0.2, 0.25) is 5.02 Å². The molecule has 4 nitrogen and oxygen atoms in total. The molecular formula is C12H8BrClN2O2S. The number of halogens is 2. The molecule has 0 aliphatic rings. The molecule has 1 aromatic carbocycles. The molecule has 0 bridgehead atoms. The van der Waals surface area contributed by atoms with Gasteiger partial charge in [0.1, 0.15) is 0 Å². The summed E-state index contributed by atoms with van der Waals surface area (Å²) in [6.07, 6.45) is 0. The molecule has 2 amide bonds. The normalized spacial score (nSPS) is 10.0. The van der Waals surface area contributed by atoms with E-state index < -0.39 is 5.91 Å². The lowest BCUT2D eigenvalue weighted by atomic mass is 10.2. The molecule has 98 valence electrons. The minimum absolute atomic E-state index is 0.363. The minimum Gasteiger partial charge on any atom is -0.267 e. The highest BCUT2D eigenvalue weighted by Crippen LogP contribution is 2.21. The average Bonchev–Trinajstić information content (AvgIpc) is 2.83. The third-order valence-corrected chi connectivity index (χ3v) is 4.07. The first-order chi connectivity index (χ1) is 9.06. The van der Waals surface area contributed by atoms with Gasteiger partial charge in [0.15, 0.2) is 0 Å². The first kappa shape index (κ1) is 14.0. The van der Waals surface area contributed by atoms with Crippen molar-refractivity contribution >= 4 is 50.7 Å². The SMILES string of the molecule is O=C(NNC(=O)c1ccc(Br)s1)c1ccc(Cl)cc1. The summed E-state index contributed by atoms with van der Waals surface area (Å²) in [5.74, 6) is -0.765. The van der Waals surface area contributed by atoms with Crippen molar-refractivity contribution in [1.29, 1.82) is 0 Å². The van der Waals surface area contributed by atoms with Gasteiger partial charge in [0, 0.05) is 10.6 Å². The van der Waals surface area contributed by atoms with Crippen molar-refractivity contribution in [2.24, 2.45) is 0 Å². The highest BCUT2D eigenvalue weighted by atomic mass is 79.9. The maximum absolute atomic E-state index is 11.7. The summed E-state index contributed by atoms with van der Waals surface area (Å²) >= 11 is 10.3. The number of benzene rings is 1. The molecule has 0 radical (unpaired) electrons. The van der Waals surface area contributed by atoms with E-state index in [-0.39, 0.29) is 5.91 Å². The van der Waals surface area contributed by atoms with Crippen LogP contribution in [-0.4, -0.2) is 11.8 Å². The first-order valence-electron chi connectivity index (χ1n) is 5.18. The smallest absolute Gasteiger partial charge is 0.267 e. The fourth-order valence-corrected chi connectivity index (χ4v) is 2.69. The van der Waals surface area contributed by atoms with Crippen LogP contribution in [0.1, 0.15) is 20.0 Å². The number of carbonyl (C=O) groups is 2. The summed E-state index contributed by atoms with van der Waals surface area (Å²) in [7, 11) is 0. The van der Waals surface area contributed by atoms with Crippen LogP contribution in [-0.2, 0) is 0 Å². The standard InChI is InChI=1S/C12H8BrClN2O2S/c13-10-6-5-9(19-10)12(18)16-15-11(17)7-1-3-8(14)4-2-7/h1-6H,(H,15,17)(H,16,18). The predicted octanol–water partition coefficient (Wildman–Crippen LogP) is 3.24. The van der Waals surface area contributed by atoms with E-state index in [4.69, 9.17) is 11.6 Å². The van der Waals surface area contributed by atoms with E-state index in [0.717, 1.165) is 3.79 Å². The van der Waals surface area contributed by atoms with Gasteiger partial charge in [0.2, 0.25) is 0 Å². The van der Waals surface area contributed by atoms with Gasteiger partial charge in [-0.15, -0.1) is 11.3 Å². The van der Waals surface area contributed by atoms with Crippen LogP contribution in [0.5, 0.6) is 0 Å². The van der Waals surface area contributed by atoms with Crippen LogP contribution >= 0.6 is 38.9 Å². The molecular weight excluding hydrogens is 352 g/mol. The molecule has 1 aromatic heterocycles. The summed E-state index contributed by atoms with van der Waals surface area (Å²) in [6, 6.07) is 9.79. The molecule has 2 aromatic rings. The Morgan fingerprint density at radius 1 is 1.00 bits per heavy atom. The van der Waals surface area contributed by atoms with Crippen LogP contribution < -0.4 is 10.9 Å². The molecule has 0 unspecified atom stereocenters. The van der Waals surface area contributed by atoms with Crippen molar-refractivity contribution in [3.63, 3.8) is 0 Å². The molecule has 0 saturated heterocycles. The molecule has 19 heavy (non-hydrogen) atoms. The third-order valence-electron chi connectivity index (χ3n) is 2.19. The van der Waals surface area contributed by atoms with E-state index in [1.54, 1.807) is 36.4 Å². The summed E-state index contributed by atoms with van der Waals surface area (Å²) in [5, 5.41) is 0.545. The Kier molecular flexibility index (Phi) is 4.57. The van der Waals surface area contributed by atoms with Gasteiger partial charge in [-0.05, 0) is 52.3 Å². The molecule has 0 spiro atoms. The van der Waals surface area contributed by atoms with E-state index in [0.29, 0.717) is 15.5 Å². The Morgan fingerprint density at radius 3 is 2.21 bits per heavy atom. The lowest BCUT2D eigenvalue weighted by Crippen LogP contribution is -2.41. The molecule has 0 aliphatic carbocycles. The fourth-order valence-electron chi connectivity index (χ4n) is 1.28. The van der Waals surface area contributed by atoms with Gasteiger partial charge in [-0.2, -0.15) is 0 Å². The maximum Gasteiger partial charge on any atom is 0.279 e. The van der Waals surface area contributed by atoms with Crippen molar-refractivity contribution in [2.45, 2.75) is 0 Å². The highest BCUT2D eigenvalue weighted by Gasteiger charge is 2.10. The van der Waals surface area contributed by atoms with Crippen LogP contribution in [0.25, 0.3) is 0 Å². The van der Waals surface area contributed by atoms with E-state index in [1.807, 2.05) is 0 Å². The quantitative estimate of drug-likeness (QED) is 0.809. The summed E-state index contributed by atoms with van der Waals surface area (Å²) < 4.78 is 0.849. The van der Waals surface area contributed by atoms with Crippen molar-refractivity contribution in [1.82, 2.24) is 10.9 Å². The lowest BCUT2D eigenvalue weighted by Gasteiger charge is -2.06. The maximum atomic E-state index is 11.7. The second-order valence-electron chi connectivity index (χ2n) is 3.52. The summed E-state index contributed by atoms with van der Waals surface area (Å²) in [5.41, 5.74) is 5.09. The molecule has 7 heteroatoms. The van der Waals surface area contributed by atoms with Gasteiger partial charge >= 0.3 is 0 Å². The molecule has 0 atom stereocenters. The fraction of sp³-hybridized carbons (Fsp3) is 0. The Labute approximate surface area is 126 Å². The molecule has 2 rings (SSSR count). The Hall–Kier alpha value is -1.37. The lowest BCUT2D eigenvalue weighted by molar-refractivity contribution is 0.0849. The number of hydrogen-bond acceptors (Lipinski definition) is 3. The number of nitrogens with one attached hydrogen (secondary N) is 2. The molecule has 2 N–H and O–H groups in total. The van der Waals surface area contributed by atoms with Crippen LogP contribution in [0.4, 0.5) is 0 Å². The zero-order valence-corrected chi connectivity index (χ0v) is 12.6. The monoisotopic (exact) mass is 358 g/mol. The number of hydrogen-bond donors (Lipinski definition) is 2. The summed E-state index contributed by atoms with van der Waals surface area (Å²) in [6.45, 7) is 0. The van der Waals surface area contributed by atoms with Crippen molar-refractivity contribution in [3.8, 4) is 0 Å². The first-order valence-corrected chi connectivity index (χ1v) is 7.16. The van der Waals surface area contributed by atoms with Gasteiger partial charge in [-0.25, -0.2) is 0 Å². The number of amides is 2. The van der Waals surface area contributed by atoms with Crippen molar-refractivity contribution in [2.75, 3.05) is 0 Å². The van der Waals surface area contributed by atoms with E-state index in [9.17, 15) is 9.59 Å². The van der Waals surface area contributed by atoms with Crippen LogP contribution in [0, 0.1) is 0 Å². The largest absolute Gasteiger partial charge is 0.279 e. The topological polar surface area (TPSA) is 58.2 Å². The second-order valence-corrected chi connectivity index (χ2v) is 6.42. The Morgan fingerprint density at radius 2 is 1.63 bits per heavy atom. The zero-order valence-electron chi connectivity index (χ0n) is 9.44. The Bertz CT molecular complexity index is 612. The average molecular weight is 360 g/mol. The molecule has 0 fully saturated rings. The number of rotatable bonds is 2. The molecule has 1 heterocycles. The number of carbonyl (C=O) groups excluding carboxylic acids is 2. The van der Waals surface area contributed by atoms with E-state index in [1.165, 1.54) is 11.3 Å². The van der Waals surface area contributed by atoms with Gasteiger partial charge < -0.3 is 0 Å². The third kappa shape index (κ3) is 3.79. The predicted molar refractivity (Wildman–Crippen MR) is 78.4 cm³/mol. The highest BCUT2D eigenvalue weighted by molar-refractivity contribution is 9.11. The van der Waals surface area contributed by atoms with Gasteiger partial charge in [0.25, 0.3) is 11.8 Å². The van der Waals surface area contributed by atoms with Crippen LogP contribution in [0.15, 0.2) is 40.2 Å². The number of thiophene rings is 1. The van der Waals surface area contributed by atoms with Crippen LogP contribution in [0.3, 0.4) is 0 Å². The van der Waals surface area contributed by atoms with Gasteiger partial charge in [-0.3, -0.25) is 20.4 Å². The van der Waals surface area contributed by atoms with Gasteiger partial charge in [-0.1, -0.05) is 11.6 Å². The van der Waals surface area contributed by atoms with E-state index >= 15 is 0 Å². The second kappa shape index (κ2) is 6.18. The van der Waals surface area contributed by atoms with Crippen molar-refractivity contribution in [3.05, 3.63) is 55.6 Å². The van der Waals surface area contributed by atoms with E-state index in [2.05, 4.69) is 26.8 Å². The Balaban J connectivity index is 1.93. The molecule has 0 aliphatic heterocycles. The van der Waals surface area contributed by atoms with Gasteiger partial charge in [0.05, 0.1) is 8.66 Å². The minimum atomic E-state index is -0.402. The molecule has 0 saturated carbocycles. The van der Waals surface area contributed by atoms with Crippen molar-refractivity contribution < 1.29 is 9.59 Å². The zero-order chi connectivity index (χ0) is 13.8.